The van der Waals surface area contributed by atoms with Gasteiger partial charge < -0.3 is 10.1 Å². The summed E-state index contributed by atoms with van der Waals surface area (Å²) < 4.78 is 110. The molecule has 0 aliphatic rings. The van der Waals surface area contributed by atoms with Crippen LogP contribution in [0.15, 0.2) is 48.5 Å². The third kappa shape index (κ3) is 6.38. The number of rotatable bonds is 4. The van der Waals surface area contributed by atoms with Crippen molar-refractivity contribution in [3.8, 4) is 11.5 Å². The van der Waals surface area contributed by atoms with Gasteiger partial charge >= 0.3 is 18.4 Å². The number of carbonyl (C=O) groups is 2. The van der Waals surface area contributed by atoms with E-state index in [-0.39, 0.29) is 28.6 Å². The lowest BCUT2D eigenvalue weighted by Gasteiger charge is -2.15. The quantitative estimate of drug-likeness (QED) is 0.357. The number of nitrogens with one attached hydrogen (secondary N) is 2. The number of carbonyl (C=O) groups excluding carboxylic acids is 2. The minimum atomic E-state index is -5.20. The Morgan fingerprint density at radius 2 is 1.42 bits per heavy atom. The van der Waals surface area contributed by atoms with Crippen molar-refractivity contribution >= 4 is 29.2 Å². The summed E-state index contributed by atoms with van der Waals surface area (Å²) >= 11 is 5.94. The van der Waals surface area contributed by atoms with E-state index >= 15 is 0 Å². The van der Waals surface area contributed by atoms with Gasteiger partial charge in [0.05, 0.1) is 5.02 Å². The van der Waals surface area contributed by atoms with Crippen LogP contribution in [0.5, 0.6) is 11.5 Å². The number of alkyl halides is 6. The summed E-state index contributed by atoms with van der Waals surface area (Å²) in [6, 6.07) is 4.90. The van der Waals surface area contributed by atoms with Gasteiger partial charge in [-0.05, 0) is 30.3 Å². The van der Waals surface area contributed by atoms with Crippen molar-refractivity contribution in [3.05, 3.63) is 82.1 Å². The molecule has 2 N–H and O–H groups in total. The molecular formula is C21H10ClF8N3O3. The Labute approximate surface area is 200 Å². The number of benzene rings is 2. The minimum absolute atomic E-state index is 0.117. The summed E-state index contributed by atoms with van der Waals surface area (Å²) in [6.07, 6.45) is -10.4. The van der Waals surface area contributed by atoms with Gasteiger partial charge in [0.25, 0.3) is 5.91 Å². The van der Waals surface area contributed by atoms with E-state index < -0.39 is 58.6 Å². The Morgan fingerprint density at radius 1 is 0.861 bits per heavy atom. The predicted octanol–water partition coefficient (Wildman–Crippen LogP) is 6.81. The van der Waals surface area contributed by atoms with Crippen LogP contribution in [0.3, 0.4) is 0 Å². The number of halogens is 9. The maximum absolute atomic E-state index is 13.6. The van der Waals surface area contributed by atoms with Gasteiger partial charge in [-0.3, -0.25) is 10.1 Å². The van der Waals surface area contributed by atoms with Crippen molar-refractivity contribution < 1.29 is 49.4 Å². The fraction of sp³-hybridized carbons (Fsp3) is 0.0952. The number of pyridine rings is 1. The van der Waals surface area contributed by atoms with Crippen LogP contribution in [0.4, 0.5) is 45.6 Å². The highest BCUT2D eigenvalue weighted by atomic mass is 35.5. The average Bonchev–Trinajstić information content (AvgIpc) is 2.74. The van der Waals surface area contributed by atoms with E-state index in [1.807, 2.05) is 0 Å². The van der Waals surface area contributed by atoms with Crippen LogP contribution in [-0.4, -0.2) is 16.9 Å². The second-order valence-corrected chi connectivity index (χ2v) is 7.23. The molecule has 3 aromatic rings. The maximum Gasteiger partial charge on any atom is 0.433 e. The van der Waals surface area contributed by atoms with Gasteiger partial charge in [-0.2, -0.15) is 26.3 Å². The number of amides is 3. The summed E-state index contributed by atoms with van der Waals surface area (Å²) in [4.78, 5) is 26.5. The number of nitrogens with zero attached hydrogens (tertiary/aromatic N) is 1. The second-order valence-electron chi connectivity index (χ2n) is 6.82. The molecule has 36 heavy (non-hydrogen) atoms. The highest BCUT2D eigenvalue weighted by molar-refractivity contribution is 6.32. The highest BCUT2D eigenvalue weighted by Crippen LogP contribution is 2.38. The van der Waals surface area contributed by atoms with E-state index in [9.17, 15) is 44.7 Å². The molecule has 0 saturated heterocycles. The van der Waals surface area contributed by atoms with Crippen LogP contribution < -0.4 is 15.4 Å². The van der Waals surface area contributed by atoms with Crippen LogP contribution in [0, 0.1) is 11.6 Å². The van der Waals surface area contributed by atoms with E-state index in [1.54, 1.807) is 5.32 Å². The molecule has 15 heteroatoms. The van der Waals surface area contributed by atoms with Crippen molar-refractivity contribution in [1.82, 2.24) is 10.3 Å². The molecule has 3 amide bonds. The molecule has 0 aliphatic carbocycles. The Morgan fingerprint density at radius 3 is 1.92 bits per heavy atom. The summed E-state index contributed by atoms with van der Waals surface area (Å²) in [5, 5.41) is 3.42. The van der Waals surface area contributed by atoms with Crippen LogP contribution in [0.25, 0.3) is 0 Å². The molecule has 3 rings (SSSR count). The number of urea groups is 1. The molecule has 0 unspecified atom stereocenters. The molecule has 0 aliphatic heterocycles. The molecular weight excluding hydrogens is 530 g/mol. The number of ether oxygens (including phenoxy) is 1. The maximum atomic E-state index is 13.6. The van der Waals surface area contributed by atoms with Crippen LogP contribution in [0.2, 0.25) is 5.02 Å². The lowest BCUT2D eigenvalue weighted by molar-refractivity contribution is -0.150. The topological polar surface area (TPSA) is 80.3 Å². The molecule has 0 radical (unpaired) electrons. The third-order valence-electron chi connectivity index (χ3n) is 4.21. The molecule has 0 spiro atoms. The average molecular weight is 540 g/mol. The molecule has 1 aromatic heterocycles. The Hall–Kier alpha value is -3.94. The molecule has 6 nitrogen and oxygen atoms in total. The van der Waals surface area contributed by atoms with E-state index in [2.05, 4.69) is 10.3 Å². The molecule has 2 aromatic carbocycles. The zero-order chi connectivity index (χ0) is 26.8. The summed E-state index contributed by atoms with van der Waals surface area (Å²) in [7, 11) is 0. The molecule has 0 atom stereocenters. The van der Waals surface area contributed by atoms with Crippen molar-refractivity contribution in [2.75, 3.05) is 5.32 Å². The fourth-order valence-corrected chi connectivity index (χ4v) is 2.90. The van der Waals surface area contributed by atoms with Crippen molar-refractivity contribution in [3.63, 3.8) is 0 Å². The standard InChI is InChI=1S/C21H10ClF8N3O3/c22-11-6-9(31-19(35)33-18(34)17-12(23)2-1-3-13(17)24)4-5-14(11)36-10-7-15(20(25,26)27)32-16(8-10)21(28,29)30/h1-8H,(H2,31,33,34,35). The number of hydrogen-bond donors (Lipinski definition) is 2. The van der Waals surface area contributed by atoms with E-state index in [4.69, 9.17) is 16.3 Å². The first-order chi connectivity index (χ1) is 16.6. The predicted molar refractivity (Wildman–Crippen MR) is 109 cm³/mol. The Kier molecular flexibility index (Phi) is 7.38. The second kappa shape index (κ2) is 9.97. The van der Waals surface area contributed by atoms with Gasteiger partial charge in [0.1, 0.15) is 40.1 Å². The monoisotopic (exact) mass is 539 g/mol. The number of hydrogen-bond acceptors (Lipinski definition) is 4. The van der Waals surface area contributed by atoms with Crippen LogP contribution in [0.1, 0.15) is 21.7 Å². The summed E-state index contributed by atoms with van der Waals surface area (Å²) in [5.74, 6) is -5.10. The first-order valence-corrected chi connectivity index (χ1v) is 9.73. The number of aromatic nitrogens is 1. The normalized spacial score (nSPS) is 11.7. The van der Waals surface area contributed by atoms with Crippen LogP contribution in [-0.2, 0) is 12.4 Å². The SMILES string of the molecule is O=C(NC(=O)c1c(F)cccc1F)Nc1ccc(Oc2cc(C(F)(F)F)nc(C(F)(F)F)c2)c(Cl)c1. The summed E-state index contributed by atoms with van der Waals surface area (Å²) in [5.41, 5.74) is -4.83. The Balaban J connectivity index is 1.76. The smallest absolute Gasteiger partial charge is 0.433 e. The van der Waals surface area contributed by atoms with Gasteiger partial charge in [-0.1, -0.05) is 17.7 Å². The van der Waals surface area contributed by atoms with Gasteiger partial charge in [-0.25, -0.2) is 18.6 Å². The largest absolute Gasteiger partial charge is 0.456 e. The van der Waals surface area contributed by atoms with Crippen molar-refractivity contribution in [2.24, 2.45) is 0 Å². The van der Waals surface area contributed by atoms with E-state index in [1.165, 1.54) is 0 Å². The van der Waals surface area contributed by atoms with Gasteiger partial charge in [0.2, 0.25) is 0 Å². The first kappa shape index (κ1) is 26.7. The molecule has 0 fully saturated rings. The lowest BCUT2D eigenvalue weighted by atomic mass is 10.2. The molecule has 190 valence electrons. The van der Waals surface area contributed by atoms with E-state index in [0.717, 1.165) is 36.4 Å². The van der Waals surface area contributed by atoms with Gasteiger partial charge in [0, 0.05) is 17.8 Å². The molecule has 0 saturated carbocycles. The van der Waals surface area contributed by atoms with Gasteiger partial charge in [-0.15, -0.1) is 0 Å². The summed E-state index contributed by atoms with van der Waals surface area (Å²) in [6.45, 7) is 0. The zero-order valence-corrected chi connectivity index (χ0v) is 17.9. The number of anilines is 1. The molecule has 1 heterocycles. The van der Waals surface area contributed by atoms with Gasteiger partial charge in [0.15, 0.2) is 0 Å². The third-order valence-corrected chi connectivity index (χ3v) is 4.51. The van der Waals surface area contributed by atoms with Crippen molar-refractivity contribution in [2.45, 2.75) is 12.4 Å². The lowest BCUT2D eigenvalue weighted by Crippen LogP contribution is -2.35. The first-order valence-electron chi connectivity index (χ1n) is 9.35. The van der Waals surface area contributed by atoms with E-state index in [0.29, 0.717) is 0 Å². The molecule has 0 bridgehead atoms. The van der Waals surface area contributed by atoms with Crippen LogP contribution >= 0.6 is 11.6 Å². The highest BCUT2D eigenvalue weighted by Gasteiger charge is 2.39. The Bertz CT molecular complexity index is 1280. The minimum Gasteiger partial charge on any atom is -0.456 e. The van der Waals surface area contributed by atoms with Crippen molar-refractivity contribution in [1.29, 1.82) is 0 Å². The fourth-order valence-electron chi connectivity index (χ4n) is 2.69. The zero-order valence-electron chi connectivity index (χ0n) is 17.2. The number of imide groups is 1.